The number of amides is 2. The van der Waals surface area contributed by atoms with Gasteiger partial charge in [-0.25, -0.2) is 0 Å². The number of anilines is 2. The standard InChI is InChI=1S/C23H28N2O3/c1-16-7-5-6-8-17(16)9-12-21(26)24-18-10-11-20-19(15-18)25(13-14-28-20)22(27)23(2,3)4/h5-8,10-11,15H,9,12-14H2,1-4H3,(H,24,26). The molecule has 148 valence electrons. The summed E-state index contributed by atoms with van der Waals surface area (Å²) < 4.78 is 5.69. The van der Waals surface area contributed by atoms with Gasteiger partial charge in [-0.1, -0.05) is 45.0 Å². The van der Waals surface area contributed by atoms with E-state index < -0.39 is 5.41 Å². The fourth-order valence-corrected chi connectivity index (χ4v) is 3.27. The summed E-state index contributed by atoms with van der Waals surface area (Å²) in [7, 11) is 0. The van der Waals surface area contributed by atoms with Gasteiger partial charge in [-0.2, -0.15) is 0 Å². The van der Waals surface area contributed by atoms with Crippen molar-refractivity contribution in [2.24, 2.45) is 5.41 Å². The minimum Gasteiger partial charge on any atom is -0.490 e. The predicted molar refractivity (Wildman–Crippen MR) is 112 cm³/mol. The van der Waals surface area contributed by atoms with Crippen molar-refractivity contribution in [3.63, 3.8) is 0 Å². The van der Waals surface area contributed by atoms with E-state index in [0.717, 1.165) is 0 Å². The van der Waals surface area contributed by atoms with E-state index in [9.17, 15) is 9.59 Å². The molecule has 0 aromatic heterocycles. The summed E-state index contributed by atoms with van der Waals surface area (Å²) in [5.41, 5.74) is 3.27. The molecule has 2 aromatic rings. The molecule has 5 heteroatoms. The lowest BCUT2D eigenvalue weighted by molar-refractivity contribution is -0.126. The average molecular weight is 380 g/mol. The van der Waals surface area contributed by atoms with Crippen LogP contribution in [0.3, 0.4) is 0 Å². The largest absolute Gasteiger partial charge is 0.490 e. The van der Waals surface area contributed by atoms with Crippen LogP contribution in [0.25, 0.3) is 0 Å². The minimum atomic E-state index is -0.485. The highest BCUT2D eigenvalue weighted by molar-refractivity contribution is 6.00. The molecular formula is C23H28N2O3. The maximum Gasteiger partial charge on any atom is 0.232 e. The molecule has 1 aliphatic heterocycles. The number of carbonyl (C=O) groups excluding carboxylic acids is 2. The molecule has 0 unspecified atom stereocenters. The van der Waals surface area contributed by atoms with Crippen molar-refractivity contribution in [1.82, 2.24) is 0 Å². The molecule has 1 aliphatic rings. The number of aryl methyl sites for hydroxylation is 2. The zero-order valence-electron chi connectivity index (χ0n) is 17.0. The van der Waals surface area contributed by atoms with Crippen molar-refractivity contribution in [2.75, 3.05) is 23.4 Å². The van der Waals surface area contributed by atoms with Gasteiger partial charge in [0, 0.05) is 17.5 Å². The first kappa shape index (κ1) is 19.9. The number of hydrogen-bond acceptors (Lipinski definition) is 3. The quantitative estimate of drug-likeness (QED) is 0.858. The molecule has 2 amide bonds. The predicted octanol–water partition coefficient (Wildman–Crippen LogP) is 4.34. The molecule has 2 aromatic carbocycles. The van der Waals surface area contributed by atoms with Crippen LogP contribution in [-0.4, -0.2) is 25.0 Å². The number of ether oxygens (including phenoxy) is 1. The molecule has 0 radical (unpaired) electrons. The smallest absolute Gasteiger partial charge is 0.232 e. The lowest BCUT2D eigenvalue weighted by Crippen LogP contribution is -2.44. The van der Waals surface area contributed by atoms with E-state index in [4.69, 9.17) is 4.74 Å². The van der Waals surface area contributed by atoms with Gasteiger partial charge in [0.05, 0.1) is 12.2 Å². The van der Waals surface area contributed by atoms with Crippen LogP contribution in [0, 0.1) is 12.3 Å². The fraction of sp³-hybridized carbons (Fsp3) is 0.391. The molecule has 3 rings (SSSR count). The molecule has 0 atom stereocenters. The van der Waals surface area contributed by atoms with Gasteiger partial charge in [0.2, 0.25) is 11.8 Å². The topological polar surface area (TPSA) is 58.6 Å². The zero-order chi connectivity index (χ0) is 20.3. The number of hydrogen-bond donors (Lipinski definition) is 1. The van der Waals surface area contributed by atoms with Crippen LogP contribution in [0.15, 0.2) is 42.5 Å². The Kier molecular flexibility index (Phi) is 5.73. The van der Waals surface area contributed by atoms with Gasteiger partial charge in [0.25, 0.3) is 0 Å². The SMILES string of the molecule is Cc1ccccc1CCC(=O)Nc1ccc2c(c1)N(C(=O)C(C)(C)C)CCO2. The van der Waals surface area contributed by atoms with Gasteiger partial charge < -0.3 is 15.0 Å². The van der Waals surface area contributed by atoms with Gasteiger partial charge in [0.15, 0.2) is 0 Å². The average Bonchev–Trinajstić information content (AvgIpc) is 2.65. The normalized spacial score (nSPS) is 13.5. The summed E-state index contributed by atoms with van der Waals surface area (Å²) >= 11 is 0. The van der Waals surface area contributed by atoms with Gasteiger partial charge >= 0.3 is 0 Å². The second-order valence-corrected chi connectivity index (χ2v) is 8.21. The number of nitrogens with one attached hydrogen (secondary N) is 1. The third kappa shape index (κ3) is 4.53. The molecule has 0 spiro atoms. The van der Waals surface area contributed by atoms with E-state index >= 15 is 0 Å². The van der Waals surface area contributed by atoms with Crippen LogP contribution in [0.5, 0.6) is 5.75 Å². The minimum absolute atomic E-state index is 0.0417. The monoisotopic (exact) mass is 380 g/mol. The molecule has 1 N–H and O–H groups in total. The van der Waals surface area contributed by atoms with E-state index in [2.05, 4.69) is 24.4 Å². The molecule has 0 saturated heterocycles. The molecule has 1 heterocycles. The number of rotatable bonds is 4. The lowest BCUT2D eigenvalue weighted by atomic mass is 9.94. The van der Waals surface area contributed by atoms with Gasteiger partial charge in [-0.15, -0.1) is 0 Å². The third-order valence-corrected chi connectivity index (χ3v) is 4.88. The van der Waals surface area contributed by atoms with Crippen LogP contribution in [0.2, 0.25) is 0 Å². The van der Waals surface area contributed by atoms with Gasteiger partial charge in [-0.05, 0) is 42.7 Å². The third-order valence-electron chi connectivity index (χ3n) is 4.88. The number of benzene rings is 2. The van der Waals surface area contributed by atoms with E-state index in [1.54, 1.807) is 4.90 Å². The van der Waals surface area contributed by atoms with Crippen molar-refractivity contribution in [2.45, 2.75) is 40.5 Å². The summed E-state index contributed by atoms with van der Waals surface area (Å²) in [4.78, 5) is 27.0. The maximum absolute atomic E-state index is 12.8. The Labute approximate surface area is 166 Å². The van der Waals surface area contributed by atoms with Crippen molar-refractivity contribution in [1.29, 1.82) is 0 Å². The maximum atomic E-state index is 12.8. The summed E-state index contributed by atoms with van der Waals surface area (Å²) in [6, 6.07) is 13.5. The van der Waals surface area contributed by atoms with Crippen LogP contribution in [-0.2, 0) is 16.0 Å². The Balaban J connectivity index is 1.71. The Morgan fingerprint density at radius 1 is 1.14 bits per heavy atom. The van der Waals surface area contributed by atoms with Gasteiger partial charge in [-0.3, -0.25) is 9.59 Å². The van der Waals surface area contributed by atoms with Crippen molar-refractivity contribution in [3.05, 3.63) is 53.6 Å². The number of fused-ring (bicyclic) bond motifs is 1. The number of nitrogens with zero attached hydrogens (tertiary/aromatic N) is 1. The summed E-state index contributed by atoms with van der Waals surface area (Å²) in [6.07, 6.45) is 1.10. The van der Waals surface area contributed by atoms with E-state index in [1.165, 1.54) is 11.1 Å². The first-order valence-corrected chi connectivity index (χ1v) is 9.69. The van der Waals surface area contributed by atoms with Gasteiger partial charge in [0.1, 0.15) is 12.4 Å². The van der Waals surface area contributed by atoms with Crippen molar-refractivity contribution >= 4 is 23.2 Å². The number of carbonyl (C=O) groups is 2. The fourth-order valence-electron chi connectivity index (χ4n) is 3.27. The van der Waals surface area contributed by atoms with E-state index in [1.807, 2.05) is 51.1 Å². The van der Waals surface area contributed by atoms with Crippen LogP contribution in [0.4, 0.5) is 11.4 Å². The summed E-state index contributed by atoms with van der Waals surface area (Å²) in [6.45, 7) is 8.74. The second kappa shape index (κ2) is 8.05. The highest BCUT2D eigenvalue weighted by Gasteiger charge is 2.32. The summed E-state index contributed by atoms with van der Waals surface area (Å²) in [5.74, 6) is 0.662. The molecule has 0 aliphatic carbocycles. The molecular weight excluding hydrogens is 352 g/mol. The molecule has 28 heavy (non-hydrogen) atoms. The molecule has 0 saturated carbocycles. The second-order valence-electron chi connectivity index (χ2n) is 8.21. The van der Waals surface area contributed by atoms with Crippen LogP contribution < -0.4 is 15.0 Å². The molecule has 0 bridgehead atoms. The Bertz CT molecular complexity index is 884. The Hall–Kier alpha value is -2.82. The first-order valence-electron chi connectivity index (χ1n) is 9.69. The van der Waals surface area contributed by atoms with Crippen molar-refractivity contribution in [3.8, 4) is 5.75 Å². The molecule has 0 fully saturated rings. The lowest BCUT2D eigenvalue weighted by Gasteiger charge is -2.34. The van der Waals surface area contributed by atoms with Crippen LogP contribution in [0.1, 0.15) is 38.3 Å². The first-order chi connectivity index (χ1) is 13.3. The zero-order valence-corrected chi connectivity index (χ0v) is 17.0. The van der Waals surface area contributed by atoms with E-state index in [0.29, 0.717) is 43.1 Å². The van der Waals surface area contributed by atoms with Crippen molar-refractivity contribution < 1.29 is 14.3 Å². The Morgan fingerprint density at radius 2 is 1.89 bits per heavy atom. The van der Waals surface area contributed by atoms with Crippen LogP contribution >= 0.6 is 0 Å². The Morgan fingerprint density at radius 3 is 2.61 bits per heavy atom. The summed E-state index contributed by atoms with van der Waals surface area (Å²) in [5, 5.41) is 2.95. The molecule has 5 nitrogen and oxygen atoms in total. The highest BCUT2D eigenvalue weighted by atomic mass is 16.5. The highest BCUT2D eigenvalue weighted by Crippen LogP contribution is 2.36. The van der Waals surface area contributed by atoms with E-state index in [-0.39, 0.29) is 11.8 Å².